The number of H-pyrrole nitrogens is 1. The Hall–Kier alpha value is -3.42. The van der Waals surface area contributed by atoms with Crippen LogP contribution in [0.4, 0.5) is 5.82 Å². The van der Waals surface area contributed by atoms with Crippen LogP contribution >= 0.6 is 0 Å². The minimum atomic E-state index is -0.0875. The Kier molecular flexibility index (Phi) is 3.96. The molecule has 1 saturated carbocycles. The van der Waals surface area contributed by atoms with E-state index in [0.717, 1.165) is 41.4 Å². The maximum absolute atomic E-state index is 12.5. The smallest absolute Gasteiger partial charge is 0.259 e. The zero-order valence-corrected chi connectivity index (χ0v) is 15.1. The molecular formula is C20H19N5O3. The molecule has 2 aliphatic rings. The third kappa shape index (κ3) is 3.06. The number of amides is 2. The molecule has 5 rings (SSSR count). The zero-order chi connectivity index (χ0) is 19.1. The zero-order valence-electron chi connectivity index (χ0n) is 15.1. The monoisotopic (exact) mass is 377 g/mol. The first-order valence-electron chi connectivity index (χ1n) is 9.36. The average molecular weight is 377 g/mol. The number of carbonyl (C=O) groups excluding carboxylic acids is 2. The van der Waals surface area contributed by atoms with E-state index in [1.54, 1.807) is 4.90 Å². The summed E-state index contributed by atoms with van der Waals surface area (Å²) in [5, 5.41) is 7.54. The average Bonchev–Trinajstić information content (AvgIpc) is 3.22. The van der Waals surface area contributed by atoms with Gasteiger partial charge in [-0.05, 0) is 42.5 Å². The summed E-state index contributed by atoms with van der Waals surface area (Å²) in [5.41, 5.74) is 3.38. The highest BCUT2D eigenvalue weighted by Crippen LogP contribution is 2.33. The van der Waals surface area contributed by atoms with Crippen molar-refractivity contribution in [3.8, 4) is 0 Å². The van der Waals surface area contributed by atoms with Gasteiger partial charge in [0.05, 0.1) is 11.8 Å². The number of nitrogens with one attached hydrogen (secondary N) is 2. The van der Waals surface area contributed by atoms with Gasteiger partial charge in [0.1, 0.15) is 17.7 Å². The third-order valence-corrected chi connectivity index (χ3v) is 5.25. The van der Waals surface area contributed by atoms with Gasteiger partial charge in [0.2, 0.25) is 5.91 Å². The molecule has 28 heavy (non-hydrogen) atoms. The lowest BCUT2D eigenvalue weighted by atomic mass is 9.97. The number of aromatic amines is 1. The highest BCUT2D eigenvalue weighted by Gasteiger charge is 2.30. The molecule has 3 aromatic heterocycles. The van der Waals surface area contributed by atoms with Gasteiger partial charge in [0, 0.05) is 30.6 Å². The van der Waals surface area contributed by atoms with Crippen LogP contribution in [0.3, 0.4) is 0 Å². The van der Waals surface area contributed by atoms with E-state index in [-0.39, 0.29) is 17.7 Å². The van der Waals surface area contributed by atoms with Gasteiger partial charge in [0.15, 0.2) is 0 Å². The van der Waals surface area contributed by atoms with Crippen molar-refractivity contribution in [3.63, 3.8) is 0 Å². The molecule has 8 heteroatoms. The number of carbonyl (C=O) groups is 2. The fourth-order valence-corrected chi connectivity index (χ4v) is 3.53. The standard InChI is InChI=1S/C20H19N5O3/c26-19(13-1-2-13)24-17-9-16(15-3-6-21-18(15)23-17)12-4-7-25(8-5-12)20(27)14-10-22-28-11-14/h3-4,6,9-11,13H,1-2,5,7-8H2,(H2,21,23,24,26). The number of hydrogen-bond donors (Lipinski definition) is 2. The van der Waals surface area contributed by atoms with Crippen molar-refractivity contribution in [2.24, 2.45) is 5.92 Å². The van der Waals surface area contributed by atoms with Gasteiger partial charge in [0.25, 0.3) is 5.91 Å². The van der Waals surface area contributed by atoms with Crippen LogP contribution in [0.1, 0.15) is 35.2 Å². The molecule has 2 amide bonds. The van der Waals surface area contributed by atoms with Crippen molar-refractivity contribution < 1.29 is 14.1 Å². The number of hydrogen-bond acceptors (Lipinski definition) is 5. The minimum Gasteiger partial charge on any atom is -0.364 e. The van der Waals surface area contributed by atoms with Crippen LogP contribution in [-0.2, 0) is 4.79 Å². The lowest BCUT2D eigenvalue weighted by Gasteiger charge is -2.26. The van der Waals surface area contributed by atoms with E-state index in [9.17, 15) is 9.59 Å². The molecule has 3 aromatic rings. The second-order valence-electron chi connectivity index (χ2n) is 7.20. The van der Waals surface area contributed by atoms with E-state index in [4.69, 9.17) is 4.52 Å². The maximum atomic E-state index is 12.5. The topological polar surface area (TPSA) is 104 Å². The molecular weight excluding hydrogens is 358 g/mol. The largest absolute Gasteiger partial charge is 0.364 e. The van der Waals surface area contributed by atoms with Crippen molar-refractivity contribution in [1.29, 1.82) is 0 Å². The molecule has 0 atom stereocenters. The Morgan fingerprint density at radius 1 is 1.32 bits per heavy atom. The molecule has 0 aromatic carbocycles. The van der Waals surface area contributed by atoms with Gasteiger partial charge in [-0.2, -0.15) is 0 Å². The highest BCUT2D eigenvalue weighted by atomic mass is 16.5. The lowest BCUT2D eigenvalue weighted by Crippen LogP contribution is -2.34. The lowest BCUT2D eigenvalue weighted by molar-refractivity contribution is -0.117. The van der Waals surface area contributed by atoms with Gasteiger partial charge in [-0.3, -0.25) is 9.59 Å². The summed E-state index contributed by atoms with van der Waals surface area (Å²) < 4.78 is 4.76. The fourth-order valence-electron chi connectivity index (χ4n) is 3.53. The second-order valence-corrected chi connectivity index (χ2v) is 7.20. The first-order chi connectivity index (χ1) is 13.7. The summed E-state index contributed by atoms with van der Waals surface area (Å²) in [6.45, 7) is 1.12. The number of pyridine rings is 1. The number of nitrogens with zero attached hydrogens (tertiary/aromatic N) is 3. The molecule has 1 aliphatic heterocycles. The summed E-state index contributed by atoms with van der Waals surface area (Å²) in [4.78, 5) is 34.0. The second kappa shape index (κ2) is 6.63. The maximum Gasteiger partial charge on any atom is 0.259 e. The predicted octanol–water partition coefficient (Wildman–Crippen LogP) is 2.83. The molecule has 1 fully saturated rings. The molecule has 4 heterocycles. The van der Waals surface area contributed by atoms with Gasteiger partial charge in [-0.15, -0.1) is 0 Å². The number of rotatable bonds is 4. The Bertz CT molecular complexity index is 1080. The Morgan fingerprint density at radius 3 is 2.93 bits per heavy atom. The van der Waals surface area contributed by atoms with Crippen molar-refractivity contribution in [3.05, 3.63) is 48.0 Å². The van der Waals surface area contributed by atoms with E-state index in [1.807, 2.05) is 18.3 Å². The van der Waals surface area contributed by atoms with Gasteiger partial charge in [-0.25, -0.2) is 4.98 Å². The third-order valence-electron chi connectivity index (χ3n) is 5.25. The number of fused-ring (bicyclic) bond motifs is 1. The fraction of sp³-hybridized carbons (Fsp3) is 0.300. The molecule has 2 N–H and O–H groups in total. The van der Waals surface area contributed by atoms with Crippen molar-refractivity contribution in [2.45, 2.75) is 19.3 Å². The van der Waals surface area contributed by atoms with Gasteiger partial charge < -0.3 is 19.7 Å². The quantitative estimate of drug-likeness (QED) is 0.728. The molecule has 0 spiro atoms. The van der Waals surface area contributed by atoms with E-state index < -0.39 is 0 Å². The molecule has 0 unspecified atom stereocenters. The SMILES string of the molecule is O=C(Nc1cc(C2=CCN(C(=O)c3cnoc3)CC2)c2cc[nH]c2n1)C1CC1. The number of anilines is 1. The van der Waals surface area contributed by atoms with Crippen molar-refractivity contribution in [2.75, 3.05) is 18.4 Å². The molecule has 0 radical (unpaired) electrons. The van der Waals surface area contributed by atoms with Crippen LogP contribution in [0.2, 0.25) is 0 Å². The molecule has 1 aliphatic carbocycles. The normalized spacial score (nSPS) is 16.9. The van der Waals surface area contributed by atoms with Gasteiger partial charge in [-0.1, -0.05) is 11.2 Å². The molecule has 0 bridgehead atoms. The van der Waals surface area contributed by atoms with Crippen LogP contribution in [0, 0.1) is 5.92 Å². The first kappa shape index (κ1) is 16.7. The van der Waals surface area contributed by atoms with Crippen LogP contribution in [-0.4, -0.2) is 44.9 Å². The van der Waals surface area contributed by atoms with E-state index >= 15 is 0 Å². The minimum absolute atomic E-state index is 0.0347. The summed E-state index contributed by atoms with van der Waals surface area (Å²) >= 11 is 0. The van der Waals surface area contributed by atoms with E-state index in [2.05, 4.69) is 26.5 Å². The highest BCUT2D eigenvalue weighted by molar-refractivity contribution is 5.98. The first-order valence-corrected chi connectivity index (χ1v) is 9.36. The summed E-state index contributed by atoms with van der Waals surface area (Å²) in [6.07, 6.45) is 9.32. The molecule has 0 saturated heterocycles. The molecule has 8 nitrogen and oxygen atoms in total. The Morgan fingerprint density at radius 2 is 2.21 bits per heavy atom. The van der Waals surface area contributed by atoms with Crippen LogP contribution < -0.4 is 5.32 Å². The predicted molar refractivity (Wildman–Crippen MR) is 102 cm³/mol. The van der Waals surface area contributed by atoms with Crippen molar-refractivity contribution in [1.82, 2.24) is 20.0 Å². The van der Waals surface area contributed by atoms with Crippen LogP contribution in [0.5, 0.6) is 0 Å². The number of aromatic nitrogens is 3. The Balaban J connectivity index is 1.41. The van der Waals surface area contributed by atoms with Gasteiger partial charge >= 0.3 is 0 Å². The van der Waals surface area contributed by atoms with E-state index in [1.165, 1.54) is 12.5 Å². The summed E-state index contributed by atoms with van der Waals surface area (Å²) in [6, 6.07) is 3.92. The van der Waals surface area contributed by atoms with Crippen LogP contribution in [0.15, 0.2) is 41.4 Å². The Labute approximate surface area is 160 Å². The summed E-state index contributed by atoms with van der Waals surface area (Å²) in [5.74, 6) is 0.629. The van der Waals surface area contributed by atoms with Crippen molar-refractivity contribution >= 4 is 34.2 Å². The summed E-state index contributed by atoms with van der Waals surface area (Å²) in [7, 11) is 0. The molecule has 142 valence electrons. The van der Waals surface area contributed by atoms with E-state index in [0.29, 0.717) is 24.5 Å². The van der Waals surface area contributed by atoms with Crippen LogP contribution in [0.25, 0.3) is 16.6 Å².